The number of benzene rings is 1. The lowest BCUT2D eigenvalue weighted by Crippen LogP contribution is -2.30. The van der Waals surface area contributed by atoms with Crippen molar-refractivity contribution >= 4 is 0 Å². The van der Waals surface area contributed by atoms with Gasteiger partial charge in [0.25, 0.3) is 0 Å². The maximum Gasteiger partial charge on any atom is 0.0518 e. The van der Waals surface area contributed by atoms with Crippen LogP contribution in [0.1, 0.15) is 37.8 Å². The number of hydrogen-bond donors (Lipinski definition) is 1. The predicted molar refractivity (Wildman–Crippen MR) is 76.0 cm³/mol. The molecule has 2 rings (SSSR count). The molecule has 0 bridgehead atoms. The fraction of sp³-hybridized carbons (Fsp3) is 0.625. The fourth-order valence-electron chi connectivity index (χ4n) is 2.56. The van der Waals surface area contributed by atoms with Crippen LogP contribution in [0.5, 0.6) is 0 Å². The van der Waals surface area contributed by atoms with Gasteiger partial charge >= 0.3 is 0 Å². The van der Waals surface area contributed by atoms with Crippen LogP contribution in [0.3, 0.4) is 0 Å². The molecule has 0 amide bonds. The molecule has 0 heterocycles. The molecule has 2 nitrogen and oxygen atoms in total. The van der Waals surface area contributed by atoms with E-state index < -0.39 is 0 Å². The van der Waals surface area contributed by atoms with Crippen LogP contribution in [0.2, 0.25) is 0 Å². The lowest BCUT2D eigenvalue weighted by atomic mass is 10.1. The van der Waals surface area contributed by atoms with Crippen LogP contribution in [0.4, 0.5) is 0 Å². The topological polar surface area (TPSA) is 21.3 Å². The molecule has 0 aliphatic heterocycles. The summed E-state index contributed by atoms with van der Waals surface area (Å²) in [5.41, 5.74) is 3.05. The maximum atomic E-state index is 5.54. The number of hydrogen-bond acceptors (Lipinski definition) is 2. The Kier molecular flexibility index (Phi) is 5.21. The van der Waals surface area contributed by atoms with Crippen molar-refractivity contribution in [2.24, 2.45) is 0 Å². The number of unbranched alkanes of at least 4 members (excludes halogenated alkanes) is 1. The van der Waals surface area contributed by atoms with E-state index in [2.05, 4.69) is 43.4 Å². The van der Waals surface area contributed by atoms with Gasteiger partial charge in [-0.2, -0.15) is 0 Å². The van der Waals surface area contributed by atoms with Crippen molar-refractivity contribution in [3.63, 3.8) is 0 Å². The van der Waals surface area contributed by atoms with Crippen molar-refractivity contribution in [1.29, 1.82) is 0 Å². The van der Waals surface area contributed by atoms with Crippen LogP contribution in [-0.2, 0) is 17.6 Å². The Hall–Kier alpha value is -0.860. The van der Waals surface area contributed by atoms with Crippen LogP contribution < -0.4 is 5.32 Å². The van der Waals surface area contributed by atoms with Crippen LogP contribution >= 0.6 is 0 Å². The zero-order valence-electron chi connectivity index (χ0n) is 11.6. The van der Waals surface area contributed by atoms with Gasteiger partial charge in [0, 0.05) is 12.6 Å². The third-order valence-corrected chi connectivity index (χ3v) is 3.51. The van der Waals surface area contributed by atoms with E-state index in [1.54, 1.807) is 0 Å². The summed E-state index contributed by atoms with van der Waals surface area (Å²) in [6.07, 6.45) is 5.11. The van der Waals surface area contributed by atoms with E-state index in [0.717, 1.165) is 19.6 Å². The fourth-order valence-corrected chi connectivity index (χ4v) is 2.56. The highest BCUT2D eigenvalue weighted by molar-refractivity contribution is 5.33. The van der Waals surface area contributed by atoms with Crippen molar-refractivity contribution in [3.8, 4) is 0 Å². The van der Waals surface area contributed by atoms with Crippen molar-refractivity contribution < 1.29 is 4.74 Å². The Morgan fingerprint density at radius 3 is 2.44 bits per heavy atom. The highest BCUT2D eigenvalue weighted by Gasteiger charge is 2.19. The molecule has 1 aliphatic carbocycles. The third-order valence-electron chi connectivity index (χ3n) is 3.51. The molecular formula is C16H25NO. The van der Waals surface area contributed by atoms with Crippen molar-refractivity contribution in [3.05, 3.63) is 35.4 Å². The number of fused-ring (bicyclic) bond motifs is 1. The summed E-state index contributed by atoms with van der Waals surface area (Å²) >= 11 is 0. The number of nitrogens with one attached hydrogen (secondary N) is 1. The average molecular weight is 247 g/mol. The largest absolute Gasteiger partial charge is 0.379 e. The monoisotopic (exact) mass is 247 g/mol. The minimum Gasteiger partial charge on any atom is -0.379 e. The van der Waals surface area contributed by atoms with Crippen molar-refractivity contribution in [1.82, 2.24) is 5.32 Å². The first-order valence-electron chi connectivity index (χ1n) is 7.17. The SMILES string of the molecule is CC(C)OCCCCNC1Cc2ccccc2C1. The van der Waals surface area contributed by atoms with Gasteiger partial charge in [-0.1, -0.05) is 24.3 Å². The molecule has 1 aliphatic rings. The molecule has 0 radical (unpaired) electrons. The van der Waals surface area contributed by atoms with Gasteiger partial charge in [-0.25, -0.2) is 0 Å². The highest BCUT2D eigenvalue weighted by atomic mass is 16.5. The zero-order valence-corrected chi connectivity index (χ0v) is 11.6. The maximum absolute atomic E-state index is 5.54. The summed E-state index contributed by atoms with van der Waals surface area (Å²) in [4.78, 5) is 0. The van der Waals surface area contributed by atoms with Crippen LogP contribution in [-0.4, -0.2) is 25.3 Å². The third kappa shape index (κ3) is 4.11. The molecule has 0 spiro atoms. The molecule has 1 aromatic rings. The first-order chi connectivity index (χ1) is 8.75. The van der Waals surface area contributed by atoms with Crippen LogP contribution in [0.15, 0.2) is 24.3 Å². The second kappa shape index (κ2) is 6.91. The van der Waals surface area contributed by atoms with Gasteiger partial charge in [0.1, 0.15) is 0 Å². The standard InChI is InChI=1S/C16H25NO/c1-13(2)18-10-6-5-9-17-16-11-14-7-3-4-8-15(14)12-16/h3-4,7-8,13,16-17H,5-6,9-12H2,1-2H3. The van der Waals surface area contributed by atoms with Gasteiger partial charge in [-0.3, -0.25) is 0 Å². The molecule has 0 atom stereocenters. The Labute approximate surface area is 111 Å². The molecule has 18 heavy (non-hydrogen) atoms. The molecule has 0 fully saturated rings. The van der Waals surface area contributed by atoms with E-state index in [1.807, 2.05) is 0 Å². The molecule has 0 unspecified atom stereocenters. The lowest BCUT2D eigenvalue weighted by molar-refractivity contribution is 0.0759. The molecule has 0 saturated carbocycles. The molecule has 0 aromatic heterocycles. The summed E-state index contributed by atoms with van der Waals surface area (Å²) in [5, 5.41) is 3.66. The Morgan fingerprint density at radius 1 is 1.17 bits per heavy atom. The van der Waals surface area contributed by atoms with Crippen molar-refractivity contribution in [2.45, 2.75) is 51.7 Å². The Balaban J connectivity index is 1.57. The molecule has 0 saturated heterocycles. The van der Waals surface area contributed by atoms with Gasteiger partial charge in [0.15, 0.2) is 0 Å². The molecule has 1 N–H and O–H groups in total. The first-order valence-corrected chi connectivity index (χ1v) is 7.17. The zero-order chi connectivity index (χ0) is 12.8. The minimum absolute atomic E-state index is 0.363. The highest BCUT2D eigenvalue weighted by Crippen LogP contribution is 2.21. The molecule has 2 heteroatoms. The summed E-state index contributed by atoms with van der Waals surface area (Å²) in [6, 6.07) is 9.45. The summed E-state index contributed by atoms with van der Waals surface area (Å²) in [6.45, 7) is 6.19. The van der Waals surface area contributed by atoms with Gasteiger partial charge in [-0.15, -0.1) is 0 Å². The van der Waals surface area contributed by atoms with E-state index in [9.17, 15) is 0 Å². The van der Waals surface area contributed by atoms with Crippen molar-refractivity contribution in [2.75, 3.05) is 13.2 Å². The minimum atomic E-state index is 0.363. The molecule has 100 valence electrons. The van der Waals surface area contributed by atoms with Gasteiger partial charge < -0.3 is 10.1 Å². The summed E-state index contributed by atoms with van der Waals surface area (Å²) in [7, 11) is 0. The molecule has 1 aromatic carbocycles. The van der Waals surface area contributed by atoms with E-state index in [0.29, 0.717) is 12.1 Å². The van der Waals surface area contributed by atoms with Crippen LogP contribution in [0, 0.1) is 0 Å². The van der Waals surface area contributed by atoms with E-state index in [4.69, 9.17) is 4.74 Å². The Morgan fingerprint density at radius 2 is 1.83 bits per heavy atom. The second-order valence-corrected chi connectivity index (χ2v) is 5.45. The van der Waals surface area contributed by atoms with Crippen LogP contribution in [0.25, 0.3) is 0 Å². The second-order valence-electron chi connectivity index (χ2n) is 5.45. The van der Waals surface area contributed by atoms with Gasteiger partial charge in [0.2, 0.25) is 0 Å². The lowest BCUT2D eigenvalue weighted by Gasteiger charge is -2.12. The summed E-state index contributed by atoms with van der Waals surface area (Å²) < 4.78 is 5.54. The van der Waals surface area contributed by atoms with E-state index in [-0.39, 0.29) is 0 Å². The summed E-state index contributed by atoms with van der Waals surface area (Å²) in [5.74, 6) is 0. The smallest absolute Gasteiger partial charge is 0.0518 e. The van der Waals surface area contributed by atoms with E-state index >= 15 is 0 Å². The normalized spacial score (nSPS) is 15.3. The quantitative estimate of drug-likeness (QED) is 0.748. The predicted octanol–water partition coefficient (Wildman–Crippen LogP) is 2.95. The number of rotatable bonds is 7. The van der Waals surface area contributed by atoms with Gasteiger partial charge in [-0.05, 0) is 57.2 Å². The average Bonchev–Trinajstić information content (AvgIpc) is 2.75. The first kappa shape index (κ1) is 13.6. The van der Waals surface area contributed by atoms with E-state index in [1.165, 1.54) is 30.4 Å². The number of ether oxygens (including phenoxy) is 1. The Bertz CT molecular complexity index is 337. The van der Waals surface area contributed by atoms with Gasteiger partial charge in [0.05, 0.1) is 6.10 Å². The molecular weight excluding hydrogens is 222 g/mol.